The van der Waals surface area contributed by atoms with E-state index in [0.29, 0.717) is 0 Å². The summed E-state index contributed by atoms with van der Waals surface area (Å²) in [4.78, 5) is 0. The molecule has 0 aliphatic carbocycles. The number of hydrogen-bond donors (Lipinski definition) is 8. The molecule has 8 N–H and O–H groups in total. The molecule has 11 heteroatoms. The maximum absolute atomic E-state index is 9.93. The quantitative estimate of drug-likeness (QED) is 0.246. The summed E-state index contributed by atoms with van der Waals surface area (Å²) in [6.07, 6.45) is -10.6. The van der Waals surface area contributed by atoms with E-state index in [0.717, 1.165) is 0 Å². The zero-order valence-electron chi connectivity index (χ0n) is 11.4. The van der Waals surface area contributed by atoms with Crippen molar-refractivity contribution in [2.45, 2.75) is 48.4 Å². The van der Waals surface area contributed by atoms with E-state index in [1.54, 1.807) is 0 Å². The third-order valence-electron chi connectivity index (χ3n) is 3.81. The van der Waals surface area contributed by atoms with Crippen LogP contribution in [0.2, 0.25) is 0 Å². The van der Waals surface area contributed by atoms with E-state index in [9.17, 15) is 35.7 Å². The van der Waals surface area contributed by atoms with Crippen LogP contribution in [0.3, 0.4) is 0 Å². The molecule has 130 valence electrons. The second kappa shape index (κ2) is 6.22. The second-order valence-corrected chi connectivity index (χ2v) is 5.33. The van der Waals surface area contributed by atoms with Crippen molar-refractivity contribution in [3.63, 3.8) is 0 Å². The lowest BCUT2D eigenvalue weighted by Crippen LogP contribution is -2.65. The molecule has 0 aromatic heterocycles. The van der Waals surface area contributed by atoms with Crippen molar-refractivity contribution in [1.29, 1.82) is 0 Å². The first-order chi connectivity index (χ1) is 10.2. The number of rotatable bonds is 4. The minimum Gasteiger partial charge on any atom is -0.391 e. The molecule has 0 spiro atoms. The predicted molar refractivity (Wildman–Crippen MR) is 63.8 cm³/mol. The van der Waals surface area contributed by atoms with Crippen molar-refractivity contribution in [3.8, 4) is 0 Å². The summed E-state index contributed by atoms with van der Waals surface area (Å²) in [5, 5.41) is 76.5. The molecule has 0 radical (unpaired) electrons. The van der Waals surface area contributed by atoms with Crippen LogP contribution < -0.4 is 0 Å². The van der Waals surface area contributed by atoms with Crippen LogP contribution >= 0.6 is 0 Å². The third kappa shape index (κ3) is 2.74. The average Bonchev–Trinajstić information content (AvgIpc) is 2.73. The molecule has 2 aliphatic rings. The molecule has 2 saturated heterocycles. The van der Waals surface area contributed by atoms with Gasteiger partial charge in [0.05, 0.1) is 13.2 Å². The first-order valence-corrected chi connectivity index (χ1v) is 6.55. The molecular weight excluding hydrogens is 308 g/mol. The largest absolute Gasteiger partial charge is 0.391 e. The van der Waals surface area contributed by atoms with Crippen molar-refractivity contribution in [3.05, 3.63) is 0 Å². The molecule has 22 heavy (non-hydrogen) atoms. The Balaban J connectivity index is 2.17. The van der Waals surface area contributed by atoms with Gasteiger partial charge < -0.3 is 55.1 Å². The van der Waals surface area contributed by atoms with Crippen LogP contribution in [0.4, 0.5) is 0 Å². The van der Waals surface area contributed by atoms with Gasteiger partial charge in [-0.1, -0.05) is 0 Å². The van der Waals surface area contributed by atoms with Gasteiger partial charge in [0, 0.05) is 0 Å². The van der Waals surface area contributed by atoms with Crippen LogP contribution in [0.5, 0.6) is 0 Å². The monoisotopic (exact) mass is 328 g/mol. The lowest BCUT2D eigenvalue weighted by Gasteiger charge is -2.44. The highest BCUT2D eigenvalue weighted by atomic mass is 16.8. The summed E-state index contributed by atoms with van der Waals surface area (Å²) in [5.74, 6) is -4.76. The number of aliphatic hydroxyl groups is 8. The van der Waals surface area contributed by atoms with Gasteiger partial charge in [-0.25, -0.2) is 0 Å². The first kappa shape index (κ1) is 17.9. The van der Waals surface area contributed by atoms with Crippen LogP contribution in [-0.4, -0.2) is 109 Å². The Morgan fingerprint density at radius 3 is 2.09 bits per heavy atom. The molecular formula is C11H20O11. The first-order valence-electron chi connectivity index (χ1n) is 6.55. The Morgan fingerprint density at radius 2 is 1.59 bits per heavy atom. The fourth-order valence-electron chi connectivity index (χ4n) is 2.34. The number of aliphatic hydroxyl groups excluding tert-OH is 7. The van der Waals surface area contributed by atoms with Crippen molar-refractivity contribution < 1.29 is 55.1 Å². The molecule has 0 bridgehead atoms. The fourth-order valence-corrected chi connectivity index (χ4v) is 2.34. The summed E-state index contributed by atoms with van der Waals surface area (Å²) in [7, 11) is 0. The zero-order valence-corrected chi connectivity index (χ0v) is 11.4. The van der Waals surface area contributed by atoms with E-state index < -0.39 is 68.2 Å². The van der Waals surface area contributed by atoms with E-state index >= 15 is 0 Å². The summed E-state index contributed by atoms with van der Waals surface area (Å²) in [5.41, 5.74) is 0. The maximum atomic E-state index is 9.93. The van der Waals surface area contributed by atoms with Gasteiger partial charge in [0.1, 0.15) is 37.1 Å². The van der Waals surface area contributed by atoms with Gasteiger partial charge >= 0.3 is 0 Å². The molecule has 2 aliphatic heterocycles. The van der Waals surface area contributed by atoms with Gasteiger partial charge in [-0.2, -0.15) is 0 Å². The standard InChI is InChI=1S/C11H20O11/c12-2-10(19)7(17)6(16)9(21-10)22-11(3-13)8(18)5(15)4(14)1-20-11/h4-9,12-19H,1-3H2. The van der Waals surface area contributed by atoms with E-state index in [2.05, 4.69) is 0 Å². The Hall–Kier alpha value is -0.440. The molecule has 0 saturated carbocycles. The van der Waals surface area contributed by atoms with Crippen LogP contribution in [-0.2, 0) is 14.2 Å². The van der Waals surface area contributed by atoms with Crippen LogP contribution in [0.1, 0.15) is 0 Å². The SMILES string of the molecule is OCC1(O)OC(OC2(CO)OCC(O)C(O)C2O)C(O)C1O. The van der Waals surface area contributed by atoms with Gasteiger partial charge in [0.25, 0.3) is 0 Å². The highest BCUT2D eigenvalue weighted by molar-refractivity contribution is 4.97. The molecule has 2 rings (SSSR count). The molecule has 0 aromatic rings. The fraction of sp³-hybridized carbons (Fsp3) is 1.00. The van der Waals surface area contributed by atoms with Gasteiger partial charge in [-0.05, 0) is 0 Å². The third-order valence-corrected chi connectivity index (χ3v) is 3.81. The van der Waals surface area contributed by atoms with Gasteiger partial charge in [-0.15, -0.1) is 0 Å². The molecule has 11 nitrogen and oxygen atoms in total. The number of hydrogen-bond acceptors (Lipinski definition) is 11. The molecule has 0 aromatic carbocycles. The minimum atomic E-state index is -2.50. The zero-order chi connectivity index (χ0) is 16.7. The Morgan fingerprint density at radius 1 is 0.955 bits per heavy atom. The van der Waals surface area contributed by atoms with Gasteiger partial charge in [0.2, 0.25) is 11.6 Å². The predicted octanol–water partition coefficient (Wildman–Crippen LogP) is -5.44. The topological polar surface area (TPSA) is 190 Å². The Kier molecular flexibility index (Phi) is 5.06. The Labute approximate surface area is 124 Å². The summed E-state index contributed by atoms with van der Waals surface area (Å²) in [6, 6.07) is 0. The van der Waals surface area contributed by atoms with Gasteiger partial charge in [-0.3, -0.25) is 0 Å². The highest BCUT2D eigenvalue weighted by Crippen LogP contribution is 2.35. The summed E-state index contributed by atoms with van der Waals surface area (Å²) >= 11 is 0. The summed E-state index contributed by atoms with van der Waals surface area (Å²) in [6.45, 7) is -2.53. The van der Waals surface area contributed by atoms with E-state index in [1.807, 2.05) is 0 Å². The van der Waals surface area contributed by atoms with Crippen molar-refractivity contribution in [2.75, 3.05) is 19.8 Å². The average molecular weight is 328 g/mol. The molecule has 8 unspecified atom stereocenters. The second-order valence-electron chi connectivity index (χ2n) is 5.33. The van der Waals surface area contributed by atoms with E-state index in [1.165, 1.54) is 0 Å². The van der Waals surface area contributed by atoms with E-state index in [-0.39, 0.29) is 0 Å². The lowest BCUT2D eigenvalue weighted by molar-refractivity contribution is -0.400. The van der Waals surface area contributed by atoms with Gasteiger partial charge in [0.15, 0.2) is 6.29 Å². The van der Waals surface area contributed by atoms with Crippen molar-refractivity contribution >= 4 is 0 Å². The van der Waals surface area contributed by atoms with Crippen molar-refractivity contribution in [2.24, 2.45) is 0 Å². The maximum Gasteiger partial charge on any atom is 0.223 e. The van der Waals surface area contributed by atoms with Crippen LogP contribution in [0, 0.1) is 0 Å². The molecule has 2 fully saturated rings. The van der Waals surface area contributed by atoms with Crippen molar-refractivity contribution in [1.82, 2.24) is 0 Å². The van der Waals surface area contributed by atoms with Crippen LogP contribution in [0.25, 0.3) is 0 Å². The molecule has 2 heterocycles. The normalized spacial score (nSPS) is 52.9. The molecule has 8 atom stereocenters. The smallest absolute Gasteiger partial charge is 0.223 e. The number of ether oxygens (including phenoxy) is 3. The molecule has 0 amide bonds. The Bertz CT molecular complexity index is 394. The van der Waals surface area contributed by atoms with E-state index in [4.69, 9.17) is 19.3 Å². The highest BCUT2D eigenvalue weighted by Gasteiger charge is 2.59. The minimum absolute atomic E-state index is 0.492. The summed E-state index contributed by atoms with van der Waals surface area (Å²) < 4.78 is 14.9. The van der Waals surface area contributed by atoms with Crippen LogP contribution in [0.15, 0.2) is 0 Å². The lowest BCUT2D eigenvalue weighted by atomic mass is 9.97.